The summed E-state index contributed by atoms with van der Waals surface area (Å²) in [7, 11) is 0. The lowest BCUT2D eigenvalue weighted by molar-refractivity contribution is 0.642. The Bertz CT molecular complexity index is 325. The van der Waals surface area contributed by atoms with Gasteiger partial charge in [-0.15, -0.1) is 0 Å². The summed E-state index contributed by atoms with van der Waals surface area (Å²) in [5.41, 5.74) is 6.84. The van der Waals surface area contributed by atoms with Crippen LogP contribution in [0.4, 0.5) is 11.6 Å². The minimum atomic E-state index is 0.430. The molecule has 3 N–H and O–H groups in total. The number of anilines is 2. The zero-order valence-corrected chi connectivity index (χ0v) is 10.5. The number of aromatic nitrogens is 2. The van der Waals surface area contributed by atoms with Crippen LogP contribution in [0.5, 0.6) is 0 Å². The van der Waals surface area contributed by atoms with Gasteiger partial charge in [-0.3, -0.25) is 0 Å². The lowest BCUT2D eigenvalue weighted by Gasteiger charge is -2.16. The lowest BCUT2D eigenvalue weighted by atomic mass is 10.1. The number of nitrogens with zero attached hydrogens (tertiary/aromatic N) is 2. The quantitative estimate of drug-likeness (QED) is 0.776. The molecule has 4 nitrogen and oxygen atoms in total. The number of rotatable bonds is 6. The van der Waals surface area contributed by atoms with E-state index in [2.05, 4.69) is 36.1 Å². The molecule has 1 unspecified atom stereocenters. The molecule has 1 aromatic heterocycles. The molecule has 0 bridgehead atoms. The minimum absolute atomic E-state index is 0.430. The third kappa shape index (κ3) is 3.36. The highest BCUT2D eigenvalue weighted by Gasteiger charge is 2.09. The number of unbranched alkanes of at least 4 members (excludes halogenated alkanes) is 1. The number of hydrogen-bond donors (Lipinski definition) is 2. The minimum Gasteiger partial charge on any atom is -0.383 e. The summed E-state index contributed by atoms with van der Waals surface area (Å²) < 4.78 is 0. The van der Waals surface area contributed by atoms with Gasteiger partial charge in [0.15, 0.2) is 0 Å². The normalized spacial score (nSPS) is 12.4. The Hall–Kier alpha value is -1.32. The Morgan fingerprint density at radius 1 is 1.38 bits per heavy atom. The summed E-state index contributed by atoms with van der Waals surface area (Å²) in [6.07, 6.45) is 5.98. The van der Waals surface area contributed by atoms with Gasteiger partial charge in [-0.25, -0.2) is 9.97 Å². The van der Waals surface area contributed by atoms with Gasteiger partial charge in [0.25, 0.3) is 0 Å². The molecule has 0 aliphatic rings. The predicted octanol–water partition coefficient (Wildman–Crippen LogP) is 2.61. The molecule has 0 spiro atoms. The van der Waals surface area contributed by atoms with Gasteiger partial charge in [0.2, 0.25) is 0 Å². The van der Waals surface area contributed by atoms with Crippen molar-refractivity contribution in [2.45, 2.75) is 52.5 Å². The van der Waals surface area contributed by atoms with Crippen molar-refractivity contribution in [3.63, 3.8) is 0 Å². The highest BCUT2D eigenvalue weighted by Crippen LogP contribution is 2.19. The van der Waals surface area contributed by atoms with E-state index in [1.54, 1.807) is 0 Å². The summed E-state index contributed by atoms with van der Waals surface area (Å²) in [5, 5.41) is 3.41. The van der Waals surface area contributed by atoms with Crippen molar-refractivity contribution in [2.24, 2.45) is 0 Å². The van der Waals surface area contributed by atoms with Crippen molar-refractivity contribution >= 4 is 11.6 Å². The van der Waals surface area contributed by atoms with Gasteiger partial charge in [-0.2, -0.15) is 0 Å². The maximum Gasteiger partial charge on any atom is 0.134 e. The van der Waals surface area contributed by atoms with Gasteiger partial charge in [0.1, 0.15) is 18.0 Å². The van der Waals surface area contributed by atoms with E-state index in [9.17, 15) is 0 Å². The van der Waals surface area contributed by atoms with E-state index < -0.39 is 0 Å². The van der Waals surface area contributed by atoms with Gasteiger partial charge in [0.05, 0.1) is 0 Å². The molecule has 0 saturated heterocycles. The second-order valence-corrected chi connectivity index (χ2v) is 4.13. The number of nitrogen functional groups attached to an aromatic ring is 1. The third-order valence-electron chi connectivity index (χ3n) is 2.71. The predicted molar refractivity (Wildman–Crippen MR) is 68.4 cm³/mol. The van der Waals surface area contributed by atoms with Crippen LogP contribution in [-0.4, -0.2) is 16.0 Å². The summed E-state index contributed by atoms with van der Waals surface area (Å²) in [6, 6.07) is 0.430. The van der Waals surface area contributed by atoms with Crippen LogP contribution in [0.25, 0.3) is 0 Å². The summed E-state index contributed by atoms with van der Waals surface area (Å²) >= 11 is 0. The zero-order chi connectivity index (χ0) is 12.0. The maximum absolute atomic E-state index is 5.82. The molecule has 4 heteroatoms. The molecule has 0 amide bonds. The second kappa shape index (κ2) is 6.30. The average Bonchev–Trinajstić information content (AvgIpc) is 2.27. The molecular weight excluding hydrogens is 200 g/mol. The van der Waals surface area contributed by atoms with Gasteiger partial charge in [-0.05, 0) is 19.8 Å². The van der Waals surface area contributed by atoms with E-state index in [4.69, 9.17) is 5.73 Å². The van der Waals surface area contributed by atoms with E-state index >= 15 is 0 Å². The molecule has 0 aliphatic heterocycles. The standard InChI is InChI=1S/C12H22N4/c1-4-6-7-9(3)16-12-10(5-2)11(13)14-8-15-12/h8-9H,4-7H2,1-3H3,(H3,13,14,15,16). The Balaban J connectivity index is 2.69. The van der Waals surface area contributed by atoms with Crippen LogP contribution in [0.1, 0.15) is 45.6 Å². The number of nitrogens with one attached hydrogen (secondary N) is 1. The zero-order valence-electron chi connectivity index (χ0n) is 10.5. The first-order valence-corrected chi connectivity index (χ1v) is 6.04. The van der Waals surface area contributed by atoms with E-state index in [-0.39, 0.29) is 0 Å². The Labute approximate surface area is 97.7 Å². The number of nitrogens with two attached hydrogens (primary N) is 1. The van der Waals surface area contributed by atoms with Crippen LogP contribution >= 0.6 is 0 Å². The molecule has 1 heterocycles. The van der Waals surface area contributed by atoms with Crippen molar-refractivity contribution in [1.82, 2.24) is 9.97 Å². The average molecular weight is 222 g/mol. The van der Waals surface area contributed by atoms with Crippen molar-refractivity contribution < 1.29 is 0 Å². The first-order chi connectivity index (χ1) is 7.69. The second-order valence-electron chi connectivity index (χ2n) is 4.13. The van der Waals surface area contributed by atoms with Crippen molar-refractivity contribution in [3.8, 4) is 0 Å². The summed E-state index contributed by atoms with van der Waals surface area (Å²) in [4.78, 5) is 8.26. The number of hydrogen-bond acceptors (Lipinski definition) is 4. The third-order valence-corrected chi connectivity index (χ3v) is 2.71. The Morgan fingerprint density at radius 3 is 2.75 bits per heavy atom. The van der Waals surface area contributed by atoms with Crippen molar-refractivity contribution in [3.05, 3.63) is 11.9 Å². The maximum atomic E-state index is 5.82. The summed E-state index contributed by atoms with van der Waals surface area (Å²) in [6.45, 7) is 6.44. The molecule has 90 valence electrons. The van der Waals surface area contributed by atoms with Crippen LogP contribution in [0.15, 0.2) is 6.33 Å². The molecule has 0 saturated carbocycles. The van der Waals surface area contributed by atoms with Crippen molar-refractivity contribution in [1.29, 1.82) is 0 Å². The molecule has 16 heavy (non-hydrogen) atoms. The van der Waals surface area contributed by atoms with Crippen molar-refractivity contribution in [2.75, 3.05) is 11.1 Å². The molecule has 0 aliphatic carbocycles. The fraction of sp³-hybridized carbons (Fsp3) is 0.667. The Morgan fingerprint density at radius 2 is 2.12 bits per heavy atom. The van der Waals surface area contributed by atoms with Gasteiger partial charge in [0, 0.05) is 11.6 Å². The molecule has 1 rings (SSSR count). The molecule has 1 aromatic rings. The fourth-order valence-corrected chi connectivity index (χ4v) is 1.71. The summed E-state index contributed by atoms with van der Waals surface area (Å²) in [5.74, 6) is 1.47. The van der Waals surface area contributed by atoms with E-state index in [0.29, 0.717) is 11.9 Å². The SMILES string of the molecule is CCCCC(C)Nc1ncnc(N)c1CC. The molecular formula is C12H22N4. The Kier molecular flexibility index (Phi) is 5.02. The largest absolute Gasteiger partial charge is 0.383 e. The first kappa shape index (κ1) is 12.7. The van der Waals surface area contributed by atoms with Crippen LogP contribution in [-0.2, 0) is 6.42 Å². The van der Waals surface area contributed by atoms with Crippen LogP contribution in [0.2, 0.25) is 0 Å². The van der Waals surface area contributed by atoms with Crippen LogP contribution in [0, 0.1) is 0 Å². The van der Waals surface area contributed by atoms with Crippen LogP contribution < -0.4 is 11.1 Å². The van der Waals surface area contributed by atoms with Gasteiger partial charge < -0.3 is 11.1 Å². The fourth-order valence-electron chi connectivity index (χ4n) is 1.71. The van der Waals surface area contributed by atoms with Gasteiger partial charge >= 0.3 is 0 Å². The molecule has 1 atom stereocenters. The highest BCUT2D eigenvalue weighted by atomic mass is 15.0. The van der Waals surface area contributed by atoms with Gasteiger partial charge in [-0.1, -0.05) is 26.7 Å². The smallest absolute Gasteiger partial charge is 0.134 e. The monoisotopic (exact) mass is 222 g/mol. The molecule has 0 aromatic carbocycles. The topological polar surface area (TPSA) is 63.8 Å². The van der Waals surface area contributed by atoms with E-state index in [1.807, 2.05) is 0 Å². The van der Waals surface area contributed by atoms with Crippen LogP contribution in [0.3, 0.4) is 0 Å². The molecule has 0 fully saturated rings. The van der Waals surface area contributed by atoms with E-state index in [1.165, 1.54) is 19.2 Å². The van der Waals surface area contributed by atoms with E-state index in [0.717, 1.165) is 24.2 Å². The lowest BCUT2D eigenvalue weighted by Crippen LogP contribution is -2.18. The highest BCUT2D eigenvalue weighted by molar-refractivity contribution is 5.55. The molecule has 0 radical (unpaired) electrons. The first-order valence-electron chi connectivity index (χ1n) is 6.04.